The van der Waals surface area contributed by atoms with Crippen LogP contribution in [0.5, 0.6) is 5.75 Å². The maximum atomic E-state index is 13.5. The number of rotatable bonds is 2. The van der Waals surface area contributed by atoms with Gasteiger partial charge in [0.05, 0.1) is 7.11 Å². The number of oxazole rings is 1. The summed E-state index contributed by atoms with van der Waals surface area (Å²) in [6.45, 7) is 0. The molecule has 3 aromatic rings. The fourth-order valence-electron chi connectivity index (χ4n) is 1.90. The Morgan fingerprint density at radius 1 is 1.44 bits per heavy atom. The van der Waals surface area contributed by atoms with Crippen molar-refractivity contribution in [2.24, 2.45) is 0 Å². The molecule has 0 spiro atoms. The molecule has 0 saturated carbocycles. The average molecular weight is 247 g/mol. The Morgan fingerprint density at radius 2 is 2.28 bits per heavy atom. The van der Waals surface area contributed by atoms with Gasteiger partial charge in [-0.05, 0) is 6.07 Å². The lowest BCUT2D eigenvalue weighted by molar-refractivity contribution is 0.387. The van der Waals surface area contributed by atoms with Crippen molar-refractivity contribution in [1.82, 2.24) is 9.97 Å². The molecule has 2 heterocycles. The van der Waals surface area contributed by atoms with Crippen LogP contribution in [0.15, 0.2) is 29.0 Å². The van der Waals surface area contributed by atoms with Crippen LogP contribution in [-0.2, 0) is 0 Å². The summed E-state index contributed by atoms with van der Waals surface area (Å²) in [5.74, 6) is -0.238. The van der Waals surface area contributed by atoms with Gasteiger partial charge >= 0.3 is 0 Å². The third-order valence-corrected chi connectivity index (χ3v) is 2.75. The molecule has 3 N–H and O–H groups in total. The number of nitrogens with zero attached hydrogens (tertiary/aromatic N) is 1. The largest absolute Gasteiger partial charge is 0.494 e. The standard InChI is InChI=1S/C12H10FN3O2/c1-17-11-2-6-7(10-5-18-12(14)16-10)4-15-9(6)3-8(11)13/h2-5,15H,1H3,(H2,14,16). The van der Waals surface area contributed by atoms with Crippen molar-refractivity contribution in [2.75, 3.05) is 12.8 Å². The van der Waals surface area contributed by atoms with E-state index in [4.69, 9.17) is 14.9 Å². The van der Waals surface area contributed by atoms with Gasteiger partial charge in [-0.2, -0.15) is 4.98 Å². The zero-order chi connectivity index (χ0) is 12.7. The summed E-state index contributed by atoms with van der Waals surface area (Å²) >= 11 is 0. The number of aromatic amines is 1. The smallest absolute Gasteiger partial charge is 0.292 e. The molecule has 18 heavy (non-hydrogen) atoms. The number of ether oxygens (including phenoxy) is 1. The number of H-pyrrole nitrogens is 1. The first-order chi connectivity index (χ1) is 8.69. The van der Waals surface area contributed by atoms with E-state index in [1.54, 1.807) is 12.3 Å². The first kappa shape index (κ1) is 10.6. The van der Waals surface area contributed by atoms with Crippen molar-refractivity contribution in [3.8, 4) is 17.0 Å². The van der Waals surface area contributed by atoms with E-state index in [9.17, 15) is 4.39 Å². The van der Waals surface area contributed by atoms with E-state index in [0.29, 0.717) is 11.2 Å². The predicted molar refractivity (Wildman–Crippen MR) is 64.7 cm³/mol. The van der Waals surface area contributed by atoms with Crippen LogP contribution in [0, 0.1) is 5.82 Å². The lowest BCUT2D eigenvalue weighted by atomic mass is 10.1. The molecule has 0 aliphatic carbocycles. The van der Waals surface area contributed by atoms with Crippen LogP contribution < -0.4 is 10.5 Å². The van der Waals surface area contributed by atoms with E-state index in [0.717, 1.165) is 10.9 Å². The zero-order valence-corrected chi connectivity index (χ0v) is 9.53. The van der Waals surface area contributed by atoms with Crippen molar-refractivity contribution < 1.29 is 13.5 Å². The number of aromatic nitrogens is 2. The van der Waals surface area contributed by atoms with E-state index >= 15 is 0 Å². The molecule has 0 atom stereocenters. The van der Waals surface area contributed by atoms with Gasteiger partial charge in [-0.1, -0.05) is 0 Å². The Morgan fingerprint density at radius 3 is 2.94 bits per heavy atom. The summed E-state index contributed by atoms with van der Waals surface area (Å²) in [4.78, 5) is 7.01. The number of anilines is 1. The zero-order valence-electron chi connectivity index (χ0n) is 9.53. The molecule has 92 valence electrons. The second-order valence-electron chi connectivity index (χ2n) is 3.81. The minimum atomic E-state index is -0.418. The quantitative estimate of drug-likeness (QED) is 0.729. The molecule has 2 aromatic heterocycles. The minimum Gasteiger partial charge on any atom is -0.494 e. The molecular weight excluding hydrogens is 237 g/mol. The SMILES string of the molecule is COc1cc2c(-c3coc(N)n3)c[nH]c2cc1F. The molecule has 6 heteroatoms. The Bertz CT molecular complexity index is 717. The minimum absolute atomic E-state index is 0.0911. The lowest BCUT2D eigenvalue weighted by Gasteiger charge is -2.02. The van der Waals surface area contributed by atoms with Gasteiger partial charge in [-0.3, -0.25) is 0 Å². The topological polar surface area (TPSA) is 77.1 Å². The van der Waals surface area contributed by atoms with Gasteiger partial charge in [0.25, 0.3) is 6.01 Å². The van der Waals surface area contributed by atoms with Crippen molar-refractivity contribution >= 4 is 16.9 Å². The molecule has 0 fully saturated rings. The van der Waals surface area contributed by atoms with Gasteiger partial charge in [0.1, 0.15) is 12.0 Å². The molecule has 0 saturated heterocycles. The van der Waals surface area contributed by atoms with Crippen molar-refractivity contribution in [3.63, 3.8) is 0 Å². The van der Waals surface area contributed by atoms with Crippen LogP contribution in [0.25, 0.3) is 22.2 Å². The number of nitrogens with one attached hydrogen (secondary N) is 1. The highest BCUT2D eigenvalue weighted by Crippen LogP contribution is 2.32. The van der Waals surface area contributed by atoms with E-state index in [1.807, 2.05) is 0 Å². The molecule has 3 rings (SSSR count). The van der Waals surface area contributed by atoms with Gasteiger partial charge in [0, 0.05) is 28.7 Å². The van der Waals surface area contributed by atoms with E-state index in [1.165, 1.54) is 19.4 Å². The fourth-order valence-corrected chi connectivity index (χ4v) is 1.90. The van der Waals surface area contributed by atoms with Gasteiger partial charge in [0.2, 0.25) is 0 Å². The molecule has 0 amide bonds. The van der Waals surface area contributed by atoms with Gasteiger partial charge in [-0.25, -0.2) is 4.39 Å². The number of fused-ring (bicyclic) bond motifs is 1. The summed E-state index contributed by atoms with van der Waals surface area (Å²) < 4.78 is 23.5. The lowest BCUT2D eigenvalue weighted by Crippen LogP contribution is -1.88. The van der Waals surface area contributed by atoms with Gasteiger partial charge in [-0.15, -0.1) is 0 Å². The number of nitrogen functional groups attached to an aromatic ring is 1. The third-order valence-electron chi connectivity index (χ3n) is 2.75. The Balaban J connectivity index is 2.25. The van der Waals surface area contributed by atoms with E-state index < -0.39 is 5.82 Å². The van der Waals surface area contributed by atoms with E-state index in [-0.39, 0.29) is 11.8 Å². The summed E-state index contributed by atoms with van der Waals surface area (Å²) in [6.07, 6.45) is 3.18. The van der Waals surface area contributed by atoms with Gasteiger partial charge in [0.15, 0.2) is 11.6 Å². The van der Waals surface area contributed by atoms with Crippen LogP contribution in [0.4, 0.5) is 10.4 Å². The molecule has 0 radical (unpaired) electrons. The van der Waals surface area contributed by atoms with Gasteiger partial charge < -0.3 is 19.9 Å². The molecule has 1 aromatic carbocycles. The molecular formula is C12H10FN3O2. The summed E-state index contributed by atoms with van der Waals surface area (Å²) in [5.41, 5.74) is 7.47. The first-order valence-corrected chi connectivity index (χ1v) is 5.25. The number of hydrogen-bond donors (Lipinski definition) is 2. The van der Waals surface area contributed by atoms with Crippen LogP contribution >= 0.6 is 0 Å². The second-order valence-corrected chi connectivity index (χ2v) is 3.81. The number of hydrogen-bond acceptors (Lipinski definition) is 4. The Hall–Kier alpha value is -2.50. The molecule has 0 unspecified atom stereocenters. The number of methoxy groups -OCH3 is 1. The maximum Gasteiger partial charge on any atom is 0.292 e. The average Bonchev–Trinajstić information content (AvgIpc) is 2.93. The highest BCUT2D eigenvalue weighted by molar-refractivity contribution is 5.95. The molecule has 0 aliphatic heterocycles. The normalized spacial score (nSPS) is 11.0. The molecule has 5 nitrogen and oxygen atoms in total. The predicted octanol–water partition coefficient (Wildman–Crippen LogP) is 2.55. The summed E-state index contributed by atoms with van der Waals surface area (Å²) in [5, 5.41) is 0.793. The maximum absolute atomic E-state index is 13.5. The van der Waals surface area contributed by atoms with Crippen LogP contribution in [0.3, 0.4) is 0 Å². The van der Waals surface area contributed by atoms with Crippen molar-refractivity contribution in [2.45, 2.75) is 0 Å². The van der Waals surface area contributed by atoms with Crippen LogP contribution in [0.2, 0.25) is 0 Å². The number of halogens is 1. The van der Waals surface area contributed by atoms with Crippen LogP contribution in [0.1, 0.15) is 0 Å². The number of nitrogens with two attached hydrogens (primary N) is 1. The highest BCUT2D eigenvalue weighted by Gasteiger charge is 2.13. The third kappa shape index (κ3) is 1.50. The van der Waals surface area contributed by atoms with Crippen LogP contribution in [-0.4, -0.2) is 17.1 Å². The fraction of sp³-hybridized carbons (Fsp3) is 0.0833. The number of benzene rings is 1. The Kier molecular flexibility index (Phi) is 2.22. The van der Waals surface area contributed by atoms with E-state index in [2.05, 4.69) is 9.97 Å². The monoisotopic (exact) mass is 247 g/mol. The molecule has 0 aliphatic rings. The Labute approximate surface area is 101 Å². The first-order valence-electron chi connectivity index (χ1n) is 5.25. The van der Waals surface area contributed by atoms with Crippen molar-refractivity contribution in [1.29, 1.82) is 0 Å². The second kappa shape index (κ2) is 3.76. The summed E-state index contributed by atoms with van der Waals surface area (Å²) in [6, 6.07) is 3.08. The molecule has 0 bridgehead atoms. The van der Waals surface area contributed by atoms with Crippen molar-refractivity contribution in [3.05, 3.63) is 30.4 Å². The highest BCUT2D eigenvalue weighted by atomic mass is 19.1. The summed E-state index contributed by atoms with van der Waals surface area (Å²) in [7, 11) is 1.42.